The van der Waals surface area contributed by atoms with Crippen molar-refractivity contribution in [2.45, 2.75) is 0 Å². The second kappa shape index (κ2) is 8.49. The van der Waals surface area contributed by atoms with Crippen LogP contribution in [0.1, 0.15) is 11.4 Å². The molecule has 29 heavy (non-hydrogen) atoms. The van der Waals surface area contributed by atoms with Crippen molar-refractivity contribution in [2.75, 3.05) is 6.61 Å². The first-order chi connectivity index (χ1) is 14.0. The van der Waals surface area contributed by atoms with E-state index in [1.807, 2.05) is 6.07 Å². The van der Waals surface area contributed by atoms with Gasteiger partial charge in [-0.2, -0.15) is 5.26 Å². The van der Waals surface area contributed by atoms with Gasteiger partial charge in [0, 0.05) is 18.2 Å². The monoisotopic (exact) mass is 390 g/mol. The molecule has 0 radical (unpaired) electrons. The highest BCUT2D eigenvalue weighted by Crippen LogP contribution is 2.19. The van der Waals surface area contributed by atoms with Crippen LogP contribution in [-0.2, 0) is 9.53 Å². The Labute approximate surface area is 164 Å². The maximum atomic E-state index is 11.8. The number of nitrogens with zero attached hydrogens (tertiary/aromatic N) is 3. The zero-order valence-corrected chi connectivity index (χ0v) is 14.9. The predicted molar refractivity (Wildman–Crippen MR) is 104 cm³/mol. The Kier molecular flexibility index (Phi) is 5.66. The lowest BCUT2D eigenvalue weighted by molar-refractivity contribution is -0.384. The maximum Gasteiger partial charge on any atom is 0.331 e. The van der Waals surface area contributed by atoms with Crippen LogP contribution < -0.4 is 0 Å². The lowest BCUT2D eigenvalue weighted by Crippen LogP contribution is -2.06. The van der Waals surface area contributed by atoms with Gasteiger partial charge in [0.2, 0.25) is 0 Å². The van der Waals surface area contributed by atoms with Crippen molar-refractivity contribution in [3.05, 3.63) is 81.9 Å². The van der Waals surface area contributed by atoms with Crippen molar-refractivity contribution >= 4 is 34.3 Å². The van der Waals surface area contributed by atoms with Gasteiger partial charge in [-0.05, 0) is 35.9 Å². The number of nitro groups is 1. The summed E-state index contributed by atoms with van der Waals surface area (Å²) in [7, 11) is 0. The summed E-state index contributed by atoms with van der Waals surface area (Å²) in [6.45, 7) is -0.511. The number of H-pyrrole nitrogens is 1. The number of hydrogen-bond donors (Lipinski definition) is 2. The molecule has 0 atom stereocenters. The maximum absolute atomic E-state index is 11.8. The molecule has 0 saturated carbocycles. The van der Waals surface area contributed by atoms with Gasteiger partial charge < -0.3 is 14.8 Å². The third kappa shape index (κ3) is 4.64. The van der Waals surface area contributed by atoms with Gasteiger partial charge >= 0.3 is 5.97 Å². The number of aromatic nitrogens is 2. The number of ether oxygens (including phenoxy) is 1. The first-order valence-corrected chi connectivity index (χ1v) is 8.34. The molecule has 2 aromatic carbocycles. The van der Waals surface area contributed by atoms with E-state index in [9.17, 15) is 25.3 Å². The minimum atomic E-state index is -0.753. The summed E-state index contributed by atoms with van der Waals surface area (Å²) in [6.07, 6.45) is 2.53. The molecule has 0 bridgehead atoms. The molecule has 9 heteroatoms. The third-order valence-electron chi connectivity index (χ3n) is 3.89. The van der Waals surface area contributed by atoms with Crippen LogP contribution in [0.25, 0.3) is 22.7 Å². The van der Waals surface area contributed by atoms with E-state index in [0.717, 1.165) is 6.08 Å². The molecule has 0 amide bonds. The van der Waals surface area contributed by atoms with Gasteiger partial charge in [0.1, 0.15) is 18.2 Å². The highest BCUT2D eigenvalue weighted by atomic mass is 16.6. The van der Waals surface area contributed by atoms with Crippen LogP contribution in [0.3, 0.4) is 0 Å². The molecule has 0 spiro atoms. The quantitative estimate of drug-likeness (QED) is 0.164. The molecular weight excluding hydrogens is 376 g/mol. The van der Waals surface area contributed by atoms with E-state index < -0.39 is 23.3 Å². The number of hydrogen-bond acceptors (Lipinski definition) is 7. The number of aromatic amines is 1. The number of aliphatic hydroxyl groups is 1. The fourth-order valence-corrected chi connectivity index (χ4v) is 2.46. The number of nitrogens with one attached hydrogen (secondary N) is 1. The van der Waals surface area contributed by atoms with E-state index in [-0.39, 0.29) is 17.1 Å². The summed E-state index contributed by atoms with van der Waals surface area (Å²) in [5, 5.41) is 30.1. The number of imidazole rings is 1. The van der Waals surface area contributed by atoms with Gasteiger partial charge in [-0.1, -0.05) is 12.1 Å². The molecule has 144 valence electrons. The molecule has 3 rings (SSSR count). The largest absolute Gasteiger partial charge is 0.507 e. The number of carbonyl (C=O) groups excluding carboxylic acids is 1. The fraction of sp³-hybridized carbons (Fsp3) is 0.0500. The van der Waals surface area contributed by atoms with Crippen molar-refractivity contribution < 1.29 is 19.6 Å². The Morgan fingerprint density at radius 2 is 2.00 bits per heavy atom. The summed E-state index contributed by atoms with van der Waals surface area (Å²) in [6, 6.07) is 14.6. The summed E-state index contributed by atoms with van der Waals surface area (Å²) in [5.74, 6) is -1.02. The number of aliphatic hydroxyl groups excluding tert-OH is 1. The molecule has 1 heterocycles. The number of rotatable bonds is 6. The lowest BCUT2D eigenvalue weighted by Gasteiger charge is -2.03. The lowest BCUT2D eigenvalue weighted by atomic mass is 10.2. The predicted octanol–water partition coefficient (Wildman–Crippen LogP) is 3.52. The van der Waals surface area contributed by atoms with Crippen molar-refractivity contribution in [2.24, 2.45) is 0 Å². The minimum absolute atomic E-state index is 0.0607. The highest BCUT2D eigenvalue weighted by Gasteiger charge is 2.14. The number of nitriles is 1. The second-order valence-electron chi connectivity index (χ2n) is 5.83. The Morgan fingerprint density at radius 3 is 2.66 bits per heavy atom. The van der Waals surface area contributed by atoms with E-state index in [1.165, 1.54) is 30.3 Å². The number of allylic oxidation sites excluding steroid dienone is 1. The molecule has 0 saturated heterocycles. The number of fused-ring (bicyclic) bond motifs is 1. The molecule has 0 aliphatic heterocycles. The first-order valence-electron chi connectivity index (χ1n) is 8.34. The number of esters is 1. The van der Waals surface area contributed by atoms with E-state index in [1.54, 1.807) is 24.3 Å². The van der Waals surface area contributed by atoms with E-state index >= 15 is 0 Å². The van der Waals surface area contributed by atoms with E-state index in [2.05, 4.69) is 9.97 Å². The number of benzene rings is 2. The molecule has 3 aromatic rings. The van der Waals surface area contributed by atoms with Crippen LogP contribution in [0.15, 0.2) is 60.4 Å². The summed E-state index contributed by atoms with van der Waals surface area (Å²) < 4.78 is 4.93. The van der Waals surface area contributed by atoms with E-state index in [0.29, 0.717) is 16.6 Å². The molecule has 2 N–H and O–H groups in total. The topological polar surface area (TPSA) is 142 Å². The van der Waals surface area contributed by atoms with Gasteiger partial charge in [0.25, 0.3) is 5.69 Å². The van der Waals surface area contributed by atoms with Gasteiger partial charge in [-0.25, -0.2) is 9.78 Å². The molecular formula is C20H14N4O5. The number of para-hydroxylation sites is 2. The van der Waals surface area contributed by atoms with Crippen molar-refractivity contribution in [1.82, 2.24) is 9.97 Å². The molecule has 0 aliphatic rings. The average molecular weight is 390 g/mol. The Morgan fingerprint density at radius 1 is 1.28 bits per heavy atom. The van der Waals surface area contributed by atoms with Crippen LogP contribution in [0, 0.1) is 21.4 Å². The van der Waals surface area contributed by atoms with Gasteiger partial charge in [0.15, 0.2) is 11.6 Å². The summed E-state index contributed by atoms with van der Waals surface area (Å²) in [4.78, 5) is 29.1. The third-order valence-corrected chi connectivity index (χ3v) is 3.89. The molecule has 9 nitrogen and oxygen atoms in total. The standard InChI is InChI=1S/C20H14N4O5/c21-11-15(20-22-16-3-1-2-4-17(16)23-20)18(25)12-29-19(26)10-7-13-5-8-14(9-6-13)24(27)28/h1-10,25H,12H2,(H,22,23). The van der Waals surface area contributed by atoms with Crippen LogP contribution in [0.4, 0.5) is 5.69 Å². The highest BCUT2D eigenvalue weighted by molar-refractivity contribution is 5.87. The first kappa shape index (κ1) is 19.3. The summed E-state index contributed by atoms with van der Waals surface area (Å²) >= 11 is 0. The van der Waals surface area contributed by atoms with Crippen molar-refractivity contribution in [3.8, 4) is 6.07 Å². The number of carbonyl (C=O) groups is 1. The Hall–Kier alpha value is -4.45. The summed E-state index contributed by atoms with van der Waals surface area (Å²) in [5.41, 5.74) is 1.70. The van der Waals surface area contributed by atoms with Crippen molar-refractivity contribution in [1.29, 1.82) is 5.26 Å². The van der Waals surface area contributed by atoms with Crippen LogP contribution >= 0.6 is 0 Å². The van der Waals surface area contributed by atoms with Gasteiger partial charge in [0.05, 0.1) is 16.0 Å². The minimum Gasteiger partial charge on any atom is -0.507 e. The zero-order chi connectivity index (χ0) is 20.8. The normalized spacial score (nSPS) is 11.8. The Bertz CT molecular complexity index is 1140. The van der Waals surface area contributed by atoms with Gasteiger partial charge in [-0.15, -0.1) is 0 Å². The smallest absolute Gasteiger partial charge is 0.331 e. The Balaban J connectivity index is 1.66. The molecule has 1 aromatic heterocycles. The van der Waals surface area contributed by atoms with Crippen LogP contribution in [-0.4, -0.2) is 32.6 Å². The van der Waals surface area contributed by atoms with Crippen LogP contribution in [0.5, 0.6) is 0 Å². The number of non-ortho nitro benzene ring substituents is 1. The molecule has 0 aliphatic carbocycles. The fourth-order valence-electron chi connectivity index (χ4n) is 2.46. The molecule has 0 unspecified atom stereocenters. The number of nitro benzene ring substituents is 1. The zero-order valence-electron chi connectivity index (χ0n) is 14.9. The second-order valence-corrected chi connectivity index (χ2v) is 5.83. The van der Waals surface area contributed by atoms with Gasteiger partial charge in [-0.3, -0.25) is 10.1 Å². The molecule has 0 fully saturated rings. The average Bonchev–Trinajstić information content (AvgIpc) is 3.15. The van der Waals surface area contributed by atoms with E-state index in [4.69, 9.17) is 4.74 Å². The SMILES string of the molecule is N#CC(=C(O)COC(=O)C=Cc1ccc([N+](=O)[O-])cc1)c1nc2ccccc2[nH]1. The van der Waals surface area contributed by atoms with Crippen molar-refractivity contribution in [3.63, 3.8) is 0 Å². The van der Waals surface area contributed by atoms with Crippen LogP contribution in [0.2, 0.25) is 0 Å².